The number of nitriles is 1. The molecule has 0 radical (unpaired) electrons. The van der Waals surface area contributed by atoms with Crippen LogP contribution in [-0.2, 0) is 0 Å². The van der Waals surface area contributed by atoms with Gasteiger partial charge in [-0.05, 0) is 36.1 Å². The van der Waals surface area contributed by atoms with E-state index in [1.54, 1.807) is 23.6 Å². The summed E-state index contributed by atoms with van der Waals surface area (Å²) in [5.41, 5.74) is 2.77. The molecule has 0 aliphatic carbocycles. The molecule has 14 heavy (non-hydrogen) atoms. The average Bonchev–Trinajstić information content (AvgIpc) is 2.65. The molecular formula is C11H8N2S. The Kier molecular flexibility index (Phi) is 2.30. The summed E-state index contributed by atoms with van der Waals surface area (Å²) in [7, 11) is 0. The van der Waals surface area contributed by atoms with Crippen molar-refractivity contribution in [2.24, 2.45) is 0 Å². The lowest BCUT2D eigenvalue weighted by molar-refractivity contribution is 1.30. The zero-order valence-electron chi connectivity index (χ0n) is 7.69. The number of thiophene rings is 1. The van der Waals surface area contributed by atoms with E-state index in [9.17, 15) is 0 Å². The summed E-state index contributed by atoms with van der Waals surface area (Å²) in [5.74, 6) is 0. The third-order valence-electron chi connectivity index (χ3n) is 1.99. The van der Waals surface area contributed by atoms with Gasteiger partial charge in [0, 0.05) is 6.20 Å². The lowest BCUT2D eigenvalue weighted by atomic mass is 10.2. The summed E-state index contributed by atoms with van der Waals surface area (Å²) in [4.78, 5) is 5.42. The molecule has 0 unspecified atom stereocenters. The Hall–Kier alpha value is -1.66. The summed E-state index contributed by atoms with van der Waals surface area (Å²) >= 11 is 1.67. The fourth-order valence-corrected chi connectivity index (χ4v) is 2.13. The van der Waals surface area contributed by atoms with Crippen molar-refractivity contribution in [2.75, 3.05) is 0 Å². The zero-order valence-corrected chi connectivity index (χ0v) is 8.51. The van der Waals surface area contributed by atoms with Gasteiger partial charge in [-0.3, -0.25) is 4.98 Å². The maximum atomic E-state index is 8.63. The molecule has 0 N–H and O–H groups in total. The van der Waals surface area contributed by atoms with Crippen LogP contribution in [-0.4, -0.2) is 4.98 Å². The summed E-state index contributed by atoms with van der Waals surface area (Å²) in [5, 5.41) is 10.7. The number of hydrogen-bond donors (Lipinski definition) is 0. The van der Waals surface area contributed by atoms with Crippen LogP contribution in [0.5, 0.6) is 0 Å². The largest absolute Gasteiger partial charge is 0.254 e. The van der Waals surface area contributed by atoms with E-state index < -0.39 is 0 Å². The van der Waals surface area contributed by atoms with E-state index in [4.69, 9.17) is 5.26 Å². The molecule has 2 aromatic rings. The predicted molar refractivity (Wildman–Crippen MR) is 57.0 cm³/mol. The van der Waals surface area contributed by atoms with Crippen LogP contribution >= 0.6 is 11.3 Å². The summed E-state index contributed by atoms with van der Waals surface area (Å²) < 4.78 is 0. The normalized spacial score (nSPS) is 9.71. The molecule has 0 spiro atoms. The fourth-order valence-electron chi connectivity index (χ4n) is 1.23. The van der Waals surface area contributed by atoms with Crippen LogP contribution in [0.3, 0.4) is 0 Å². The van der Waals surface area contributed by atoms with Crippen LogP contribution in [0, 0.1) is 18.3 Å². The van der Waals surface area contributed by atoms with Gasteiger partial charge in [0.2, 0.25) is 0 Å². The second-order valence-electron chi connectivity index (χ2n) is 2.98. The molecule has 2 rings (SSSR count). The molecule has 2 aromatic heterocycles. The summed E-state index contributed by atoms with van der Waals surface area (Å²) in [6, 6.07) is 7.80. The Labute approximate surface area is 86.5 Å². The van der Waals surface area contributed by atoms with Gasteiger partial charge < -0.3 is 0 Å². The first-order valence-corrected chi connectivity index (χ1v) is 5.10. The second kappa shape index (κ2) is 3.60. The van der Waals surface area contributed by atoms with Crippen LogP contribution in [0.25, 0.3) is 10.6 Å². The van der Waals surface area contributed by atoms with Crippen molar-refractivity contribution in [1.82, 2.24) is 4.98 Å². The SMILES string of the molecule is Cc1ccsc1-c1ccc(C#N)cn1. The van der Waals surface area contributed by atoms with E-state index in [0.29, 0.717) is 5.56 Å². The standard InChI is InChI=1S/C11H8N2S/c1-8-4-5-14-11(8)10-3-2-9(6-12)7-13-10/h2-5,7H,1H3. The van der Waals surface area contributed by atoms with Crippen LogP contribution in [0.2, 0.25) is 0 Å². The number of nitrogens with zero attached hydrogens (tertiary/aromatic N) is 2. The fraction of sp³-hybridized carbons (Fsp3) is 0.0909. The van der Waals surface area contributed by atoms with Crippen molar-refractivity contribution < 1.29 is 0 Å². The average molecular weight is 200 g/mol. The van der Waals surface area contributed by atoms with Gasteiger partial charge in [0.05, 0.1) is 16.1 Å². The molecule has 0 atom stereocenters. The Bertz CT molecular complexity index is 477. The predicted octanol–water partition coefficient (Wildman–Crippen LogP) is 2.99. The Morgan fingerprint density at radius 2 is 2.21 bits per heavy atom. The first-order valence-electron chi connectivity index (χ1n) is 4.22. The van der Waals surface area contributed by atoms with E-state index in [1.807, 2.05) is 11.4 Å². The molecular weight excluding hydrogens is 192 g/mol. The smallest absolute Gasteiger partial charge is 0.101 e. The van der Waals surface area contributed by atoms with Crippen molar-refractivity contribution >= 4 is 11.3 Å². The van der Waals surface area contributed by atoms with Crippen molar-refractivity contribution in [3.8, 4) is 16.6 Å². The molecule has 0 aromatic carbocycles. The van der Waals surface area contributed by atoms with Crippen LogP contribution < -0.4 is 0 Å². The highest BCUT2D eigenvalue weighted by atomic mass is 32.1. The number of hydrogen-bond acceptors (Lipinski definition) is 3. The lowest BCUT2D eigenvalue weighted by Crippen LogP contribution is -1.83. The van der Waals surface area contributed by atoms with E-state index in [2.05, 4.69) is 24.0 Å². The monoisotopic (exact) mass is 200 g/mol. The zero-order chi connectivity index (χ0) is 9.97. The van der Waals surface area contributed by atoms with Crippen molar-refractivity contribution in [3.05, 3.63) is 40.9 Å². The van der Waals surface area contributed by atoms with Gasteiger partial charge in [-0.25, -0.2) is 0 Å². The first kappa shape index (κ1) is 8.92. The summed E-state index contributed by atoms with van der Waals surface area (Å²) in [6.45, 7) is 2.06. The summed E-state index contributed by atoms with van der Waals surface area (Å²) in [6.07, 6.45) is 1.61. The van der Waals surface area contributed by atoms with E-state index in [-0.39, 0.29) is 0 Å². The maximum Gasteiger partial charge on any atom is 0.101 e. The number of pyridine rings is 1. The van der Waals surface area contributed by atoms with Gasteiger partial charge in [-0.1, -0.05) is 0 Å². The molecule has 0 bridgehead atoms. The van der Waals surface area contributed by atoms with Crippen molar-refractivity contribution in [1.29, 1.82) is 5.26 Å². The minimum atomic E-state index is 0.600. The quantitative estimate of drug-likeness (QED) is 0.709. The molecule has 3 heteroatoms. The molecule has 68 valence electrons. The highest BCUT2D eigenvalue weighted by Gasteiger charge is 2.03. The number of aromatic nitrogens is 1. The topological polar surface area (TPSA) is 36.7 Å². The molecule has 0 amide bonds. The first-order chi connectivity index (χ1) is 6.81. The van der Waals surface area contributed by atoms with Gasteiger partial charge in [0.1, 0.15) is 6.07 Å². The minimum absolute atomic E-state index is 0.600. The third-order valence-corrected chi connectivity index (χ3v) is 3.03. The molecule has 0 fully saturated rings. The van der Waals surface area contributed by atoms with Crippen molar-refractivity contribution in [3.63, 3.8) is 0 Å². The molecule has 0 saturated heterocycles. The Morgan fingerprint density at radius 3 is 2.71 bits per heavy atom. The Balaban J connectivity index is 2.45. The number of rotatable bonds is 1. The molecule has 0 aliphatic heterocycles. The van der Waals surface area contributed by atoms with Gasteiger partial charge in [-0.15, -0.1) is 11.3 Å². The van der Waals surface area contributed by atoms with Gasteiger partial charge >= 0.3 is 0 Å². The van der Waals surface area contributed by atoms with E-state index in [0.717, 1.165) is 5.69 Å². The van der Waals surface area contributed by atoms with Gasteiger partial charge in [0.25, 0.3) is 0 Å². The highest BCUT2D eigenvalue weighted by molar-refractivity contribution is 7.13. The highest BCUT2D eigenvalue weighted by Crippen LogP contribution is 2.26. The molecule has 2 heterocycles. The van der Waals surface area contributed by atoms with E-state index >= 15 is 0 Å². The molecule has 0 aliphatic rings. The van der Waals surface area contributed by atoms with Crippen LogP contribution in [0.15, 0.2) is 29.8 Å². The second-order valence-corrected chi connectivity index (χ2v) is 3.89. The van der Waals surface area contributed by atoms with Crippen molar-refractivity contribution in [2.45, 2.75) is 6.92 Å². The van der Waals surface area contributed by atoms with E-state index in [1.165, 1.54) is 10.4 Å². The van der Waals surface area contributed by atoms with Crippen LogP contribution in [0.1, 0.15) is 11.1 Å². The van der Waals surface area contributed by atoms with Crippen LogP contribution in [0.4, 0.5) is 0 Å². The third kappa shape index (κ3) is 1.52. The maximum absolute atomic E-state index is 8.63. The lowest BCUT2D eigenvalue weighted by Gasteiger charge is -1.97. The number of aryl methyl sites for hydroxylation is 1. The molecule has 2 nitrogen and oxygen atoms in total. The Morgan fingerprint density at radius 1 is 1.36 bits per heavy atom. The van der Waals surface area contributed by atoms with Gasteiger partial charge in [-0.2, -0.15) is 5.26 Å². The minimum Gasteiger partial charge on any atom is -0.254 e. The van der Waals surface area contributed by atoms with Gasteiger partial charge in [0.15, 0.2) is 0 Å². The molecule has 0 saturated carbocycles.